The predicted molar refractivity (Wildman–Crippen MR) is 155 cm³/mol. The van der Waals surface area contributed by atoms with Crippen LogP contribution in [0.4, 0.5) is 16.0 Å². The maximum atomic E-state index is 13.1. The van der Waals surface area contributed by atoms with Gasteiger partial charge in [0, 0.05) is 41.7 Å². The zero-order valence-electron chi connectivity index (χ0n) is 20.6. The standard InChI is InChI=1S/C28H25FIN7O/c1-37-15-23(24-25(31)35-16-36-27(24)37)19-6-2-18(3-7-19)13-33-26-22(12-21(30)14-34-26)28(38)32-11-10-17-4-8-20(29)9-5-17/h2-9,12,14-16H,10-11,13H2,1H3,(H,32,38)(H,33,34)(H2,31,35,36). The largest absolute Gasteiger partial charge is 0.383 e. The molecular weight excluding hydrogens is 596 g/mol. The van der Waals surface area contributed by atoms with Crippen molar-refractivity contribution >= 4 is 51.2 Å². The van der Waals surface area contributed by atoms with E-state index in [0.717, 1.165) is 36.9 Å². The Labute approximate surface area is 232 Å². The average molecular weight is 621 g/mol. The molecule has 1 amide bonds. The third kappa shape index (κ3) is 5.59. The molecule has 5 rings (SSSR count). The highest BCUT2D eigenvalue weighted by molar-refractivity contribution is 14.1. The lowest BCUT2D eigenvalue weighted by Crippen LogP contribution is -2.27. The second kappa shape index (κ2) is 11.1. The van der Waals surface area contributed by atoms with Crippen LogP contribution in [0.5, 0.6) is 0 Å². The molecule has 8 nitrogen and oxygen atoms in total. The average Bonchev–Trinajstić information content (AvgIpc) is 3.27. The van der Waals surface area contributed by atoms with Crippen LogP contribution in [-0.2, 0) is 20.0 Å². The van der Waals surface area contributed by atoms with Crippen molar-refractivity contribution in [3.63, 3.8) is 0 Å². The molecule has 192 valence electrons. The van der Waals surface area contributed by atoms with Crippen LogP contribution in [-0.4, -0.2) is 32.0 Å². The first-order valence-electron chi connectivity index (χ1n) is 12.0. The van der Waals surface area contributed by atoms with Crippen molar-refractivity contribution < 1.29 is 9.18 Å². The van der Waals surface area contributed by atoms with Gasteiger partial charge in [-0.1, -0.05) is 36.4 Å². The molecule has 0 aliphatic carbocycles. The molecule has 0 fully saturated rings. The molecule has 0 saturated carbocycles. The molecule has 0 saturated heterocycles. The van der Waals surface area contributed by atoms with Gasteiger partial charge in [0.1, 0.15) is 29.4 Å². The molecule has 0 aliphatic heterocycles. The van der Waals surface area contributed by atoms with Gasteiger partial charge in [-0.25, -0.2) is 19.3 Å². The quantitative estimate of drug-likeness (QED) is 0.212. The fourth-order valence-electron chi connectivity index (χ4n) is 4.26. The van der Waals surface area contributed by atoms with Crippen LogP contribution >= 0.6 is 22.6 Å². The number of aryl methyl sites for hydroxylation is 1. The summed E-state index contributed by atoms with van der Waals surface area (Å²) in [5.41, 5.74) is 11.4. The van der Waals surface area contributed by atoms with Crippen LogP contribution in [0, 0.1) is 9.39 Å². The third-order valence-corrected chi connectivity index (χ3v) is 6.81. The first kappa shape index (κ1) is 25.6. The molecule has 0 spiro atoms. The third-order valence-electron chi connectivity index (χ3n) is 6.22. The highest BCUT2D eigenvalue weighted by atomic mass is 127. The van der Waals surface area contributed by atoms with E-state index in [9.17, 15) is 9.18 Å². The van der Waals surface area contributed by atoms with E-state index in [-0.39, 0.29) is 11.7 Å². The lowest BCUT2D eigenvalue weighted by molar-refractivity contribution is 0.0954. The van der Waals surface area contributed by atoms with Gasteiger partial charge in [0.05, 0.1) is 10.9 Å². The molecule has 4 N–H and O–H groups in total. The lowest BCUT2D eigenvalue weighted by Gasteiger charge is -2.12. The molecule has 0 radical (unpaired) electrons. The Balaban J connectivity index is 1.26. The number of rotatable bonds is 8. The van der Waals surface area contributed by atoms with Gasteiger partial charge in [-0.15, -0.1) is 0 Å². The minimum absolute atomic E-state index is 0.216. The zero-order chi connectivity index (χ0) is 26.6. The molecule has 3 aromatic heterocycles. The SMILES string of the molecule is Cn1cc(-c2ccc(CNc3ncc(I)cc3C(=O)NCCc3ccc(F)cc3)cc2)c2c(N)ncnc21. The van der Waals surface area contributed by atoms with Gasteiger partial charge in [-0.05, 0) is 63.9 Å². The van der Waals surface area contributed by atoms with E-state index in [1.807, 2.05) is 42.1 Å². The second-order valence-electron chi connectivity index (χ2n) is 8.84. The zero-order valence-corrected chi connectivity index (χ0v) is 22.7. The van der Waals surface area contributed by atoms with Crippen molar-refractivity contribution in [2.24, 2.45) is 7.05 Å². The van der Waals surface area contributed by atoms with Gasteiger partial charge in [0.15, 0.2) is 0 Å². The number of halogens is 2. The van der Waals surface area contributed by atoms with E-state index in [1.54, 1.807) is 24.4 Å². The second-order valence-corrected chi connectivity index (χ2v) is 10.1. The van der Waals surface area contributed by atoms with Crippen molar-refractivity contribution in [2.45, 2.75) is 13.0 Å². The summed E-state index contributed by atoms with van der Waals surface area (Å²) < 4.78 is 15.9. The molecule has 5 aromatic rings. The number of carbonyl (C=O) groups is 1. The number of hydrogen-bond donors (Lipinski definition) is 3. The summed E-state index contributed by atoms with van der Waals surface area (Å²) in [4.78, 5) is 25.9. The van der Waals surface area contributed by atoms with Gasteiger partial charge in [0.2, 0.25) is 0 Å². The van der Waals surface area contributed by atoms with Crippen LogP contribution < -0.4 is 16.4 Å². The smallest absolute Gasteiger partial charge is 0.255 e. The normalized spacial score (nSPS) is 11.0. The molecule has 3 heterocycles. The molecular formula is C28H25FIN7O. The van der Waals surface area contributed by atoms with E-state index in [2.05, 4.69) is 48.2 Å². The fourth-order valence-corrected chi connectivity index (χ4v) is 4.71. The number of nitrogens with one attached hydrogen (secondary N) is 2. The number of nitrogen functional groups attached to an aromatic ring is 1. The van der Waals surface area contributed by atoms with Crippen molar-refractivity contribution in [3.05, 3.63) is 99.4 Å². The minimum Gasteiger partial charge on any atom is -0.383 e. The lowest BCUT2D eigenvalue weighted by atomic mass is 10.0. The highest BCUT2D eigenvalue weighted by Gasteiger charge is 2.15. The molecule has 10 heteroatoms. The molecule has 2 aromatic carbocycles. The van der Waals surface area contributed by atoms with Gasteiger partial charge < -0.3 is 20.9 Å². The number of fused-ring (bicyclic) bond motifs is 1. The summed E-state index contributed by atoms with van der Waals surface area (Å²) in [6.07, 6.45) is 5.79. The van der Waals surface area contributed by atoms with Gasteiger partial charge >= 0.3 is 0 Å². The number of anilines is 2. The van der Waals surface area contributed by atoms with Crippen LogP contribution in [0.25, 0.3) is 22.2 Å². The first-order chi connectivity index (χ1) is 18.4. The Hall–Kier alpha value is -4.06. The van der Waals surface area contributed by atoms with Gasteiger partial charge in [0.25, 0.3) is 5.91 Å². The summed E-state index contributed by atoms with van der Waals surface area (Å²) in [5.74, 6) is 0.463. The van der Waals surface area contributed by atoms with Crippen molar-refractivity contribution in [2.75, 3.05) is 17.6 Å². The fraction of sp³-hybridized carbons (Fsp3) is 0.143. The molecule has 0 unspecified atom stereocenters. The number of aromatic nitrogens is 4. The summed E-state index contributed by atoms with van der Waals surface area (Å²) >= 11 is 2.14. The number of pyridine rings is 1. The topological polar surface area (TPSA) is 111 Å². The molecule has 38 heavy (non-hydrogen) atoms. The Morgan fingerprint density at radius 3 is 2.55 bits per heavy atom. The Kier molecular flexibility index (Phi) is 7.50. The van der Waals surface area contributed by atoms with E-state index >= 15 is 0 Å². The number of amides is 1. The molecule has 0 aliphatic rings. The number of nitrogens with zero attached hydrogens (tertiary/aromatic N) is 4. The van der Waals surface area contributed by atoms with Gasteiger partial charge in [-0.3, -0.25) is 4.79 Å². The first-order valence-corrected chi connectivity index (χ1v) is 13.0. The summed E-state index contributed by atoms with van der Waals surface area (Å²) in [7, 11) is 1.93. The van der Waals surface area contributed by atoms with Gasteiger partial charge in [-0.2, -0.15) is 0 Å². The van der Waals surface area contributed by atoms with Crippen LogP contribution in [0.2, 0.25) is 0 Å². The summed E-state index contributed by atoms with van der Waals surface area (Å²) in [6.45, 7) is 0.922. The Morgan fingerprint density at radius 1 is 1.05 bits per heavy atom. The minimum atomic E-state index is -0.277. The molecule has 0 bridgehead atoms. The maximum Gasteiger partial charge on any atom is 0.255 e. The summed E-state index contributed by atoms with van der Waals surface area (Å²) in [5, 5.41) is 7.06. The monoisotopic (exact) mass is 621 g/mol. The van der Waals surface area contributed by atoms with Crippen molar-refractivity contribution in [3.8, 4) is 11.1 Å². The van der Waals surface area contributed by atoms with Crippen molar-refractivity contribution in [1.29, 1.82) is 0 Å². The summed E-state index contributed by atoms with van der Waals surface area (Å²) in [6, 6.07) is 16.2. The predicted octanol–water partition coefficient (Wildman–Crippen LogP) is 4.94. The van der Waals surface area contributed by atoms with Crippen LogP contribution in [0.1, 0.15) is 21.5 Å². The highest BCUT2D eigenvalue weighted by Crippen LogP contribution is 2.32. The molecule has 0 atom stereocenters. The van der Waals surface area contributed by atoms with E-state index in [0.29, 0.717) is 36.7 Å². The van der Waals surface area contributed by atoms with Crippen LogP contribution in [0.15, 0.2) is 73.3 Å². The number of carbonyl (C=O) groups excluding carboxylic acids is 1. The maximum absolute atomic E-state index is 13.1. The van der Waals surface area contributed by atoms with E-state index in [1.165, 1.54) is 18.5 Å². The van der Waals surface area contributed by atoms with Crippen molar-refractivity contribution in [1.82, 2.24) is 24.8 Å². The number of hydrogen-bond acceptors (Lipinski definition) is 6. The number of benzene rings is 2. The van der Waals surface area contributed by atoms with E-state index < -0.39 is 0 Å². The number of nitrogens with two attached hydrogens (primary N) is 1. The Morgan fingerprint density at radius 2 is 1.79 bits per heavy atom. The Bertz CT molecular complexity index is 1600. The van der Waals surface area contributed by atoms with E-state index in [4.69, 9.17) is 5.73 Å². The van der Waals surface area contributed by atoms with Crippen LogP contribution in [0.3, 0.4) is 0 Å².